The van der Waals surface area contributed by atoms with E-state index in [1.54, 1.807) is 39.8 Å². The van der Waals surface area contributed by atoms with Gasteiger partial charge in [-0.25, -0.2) is 14.4 Å². The molecular weight excluding hydrogens is 1020 g/mol. The van der Waals surface area contributed by atoms with E-state index in [2.05, 4.69) is 56.8 Å². The van der Waals surface area contributed by atoms with Crippen LogP contribution in [0.15, 0.2) is 154 Å². The molecule has 0 aromatic heterocycles. The number of hydrogen-bond acceptors (Lipinski definition) is 16. The van der Waals surface area contributed by atoms with E-state index >= 15 is 0 Å². The van der Waals surface area contributed by atoms with Crippen LogP contribution < -0.4 is 10.6 Å². The SMILES string of the molecule is CC1(O)CCN(Cc2ccccc2)C1.COC(=O)C1=C(C)NC(C)=C(C(=O)Cl)C1c1cccc([N+](=O)[O-])c1.COC(=O)C1=C(C)NC(C)=C(C(=O)OC2(C)CCN(Cc3ccccc3)C2)C1c1cccc([N+](=O)[O-])c1.Cl. The first-order chi connectivity index (χ1) is 35.5. The van der Waals surface area contributed by atoms with Gasteiger partial charge in [0.05, 0.1) is 52.3 Å². The van der Waals surface area contributed by atoms with Crippen molar-refractivity contribution in [2.24, 2.45) is 0 Å². The van der Waals surface area contributed by atoms with E-state index in [1.807, 2.05) is 38.1 Å². The van der Waals surface area contributed by atoms with Gasteiger partial charge in [0.15, 0.2) is 0 Å². The second-order valence-electron chi connectivity index (χ2n) is 19.5. The Kier molecular flexibility index (Phi) is 20.4. The van der Waals surface area contributed by atoms with Crippen LogP contribution in [-0.2, 0) is 46.5 Å². The lowest BCUT2D eigenvalue weighted by atomic mass is 9.80. The first kappa shape index (κ1) is 59.7. The second-order valence-corrected chi connectivity index (χ2v) is 19.8. The first-order valence-corrected chi connectivity index (χ1v) is 24.6. The normalized spacial score (nSPS) is 21.4. The van der Waals surface area contributed by atoms with Crippen molar-refractivity contribution in [3.63, 3.8) is 0 Å². The van der Waals surface area contributed by atoms with Gasteiger partial charge in [0.25, 0.3) is 16.6 Å². The molecule has 4 aliphatic rings. The Morgan fingerprint density at radius 3 is 1.41 bits per heavy atom. The van der Waals surface area contributed by atoms with Gasteiger partial charge in [0.2, 0.25) is 0 Å². The summed E-state index contributed by atoms with van der Waals surface area (Å²) >= 11 is 5.71. The highest BCUT2D eigenvalue weighted by atomic mass is 35.5. The molecule has 20 heteroatoms. The minimum atomic E-state index is -0.883. The van der Waals surface area contributed by atoms with Gasteiger partial charge in [-0.1, -0.05) is 84.9 Å². The highest BCUT2D eigenvalue weighted by Gasteiger charge is 2.43. The van der Waals surface area contributed by atoms with Crippen molar-refractivity contribution >= 4 is 58.5 Å². The number of non-ortho nitro benzene ring substituents is 2. The predicted molar refractivity (Wildman–Crippen MR) is 289 cm³/mol. The van der Waals surface area contributed by atoms with E-state index < -0.39 is 56.0 Å². The largest absolute Gasteiger partial charge is 0.466 e. The fourth-order valence-corrected chi connectivity index (χ4v) is 10.2. The van der Waals surface area contributed by atoms with Crippen LogP contribution in [-0.4, -0.2) is 99.5 Å². The number of rotatable bonds is 13. The molecule has 0 bridgehead atoms. The average Bonchev–Trinajstić information content (AvgIpc) is 3.92. The molecule has 2 fully saturated rings. The molecular formula is C56H64Cl2N6O12. The number of nitrogens with one attached hydrogen (secondary N) is 2. The van der Waals surface area contributed by atoms with Crippen molar-refractivity contribution in [1.29, 1.82) is 0 Å². The molecule has 0 spiro atoms. The van der Waals surface area contributed by atoms with Gasteiger partial charge in [0.1, 0.15) is 5.60 Å². The number of nitro benzene ring substituents is 2. The third-order valence-electron chi connectivity index (χ3n) is 13.5. The summed E-state index contributed by atoms with van der Waals surface area (Å²) in [5, 5.41) is 37.6. The number of benzene rings is 4. The van der Waals surface area contributed by atoms with E-state index in [1.165, 1.54) is 61.7 Å². The van der Waals surface area contributed by atoms with Crippen LogP contribution in [0.5, 0.6) is 0 Å². The molecule has 76 heavy (non-hydrogen) atoms. The average molecular weight is 1080 g/mol. The van der Waals surface area contributed by atoms with E-state index in [0.717, 1.165) is 39.1 Å². The van der Waals surface area contributed by atoms with Crippen molar-refractivity contribution in [2.45, 2.75) is 90.5 Å². The lowest BCUT2D eigenvalue weighted by molar-refractivity contribution is -0.385. The molecule has 4 heterocycles. The Bertz CT molecular complexity index is 2960. The Balaban J connectivity index is 0.000000233. The summed E-state index contributed by atoms with van der Waals surface area (Å²) < 4.78 is 15.9. The standard InChI is InChI=1S/C28H31N3O6.C16H15ClN2O5.C12H17NO.ClH/c1-18-23(26(32)36-4)25(21-11-8-12-22(15-21)31(34)35)24(19(2)29-18)27(33)37-28(3)13-14-30(17-28)16-20-9-6-5-7-10-20;1-8-12(15(17)20)14(13(9(2)18-8)16(21)24-3)10-5-4-6-11(7-10)19(22)23;1-12(14)7-8-13(10-12)9-11-5-3-2-4-6-11;/h5-12,15,25,29H,13-14,16-17H2,1-4H3;4-7,14,18H,1-3H3;2-6,14H,7-10H2,1H3;1H. The molecule has 2 saturated heterocycles. The van der Waals surface area contributed by atoms with Crippen molar-refractivity contribution in [2.75, 3.05) is 40.4 Å². The third-order valence-corrected chi connectivity index (χ3v) is 13.7. The topological polar surface area (TPSA) is 233 Å². The minimum absolute atomic E-state index is 0. The van der Waals surface area contributed by atoms with Crippen molar-refractivity contribution < 1.29 is 48.3 Å². The molecule has 8 rings (SSSR count). The zero-order valence-electron chi connectivity index (χ0n) is 43.7. The first-order valence-electron chi connectivity index (χ1n) is 24.3. The van der Waals surface area contributed by atoms with Crippen LogP contribution >= 0.6 is 24.0 Å². The number of methoxy groups -OCH3 is 2. The summed E-state index contributed by atoms with van der Waals surface area (Å²) in [4.78, 5) is 76.7. The van der Waals surface area contributed by atoms with Crippen LogP contribution in [0.1, 0.15) is 88.5 Å². The third kappa shape index (κ3) is 14.8. The van der Waals surface area contributed by atoms with Crippen LogP contribution in [0.2, 0.25) is 0 Å². The molecule has 3 N–H and O–H groups in total. The predicted octanol–water partition coefficient (Wildman–Crippen LogP) is 9.04. The zero-order chi connectivity index (χ0) is 54.8. The number of dihydropyridines is 2. The summed E-state index contributed by atoms with van der Waals surface area (Å²) in [5.41, 5.74) is 4.66. The van der Waals surface area contributed by atoms with Crippen LogP contribution in [0.25, 0.3) is 0 Å². The van der Waals surface area contributed by atoms with Gasteiger partial charge in [-0.15, -0.1) is 12.4 Å². The number of ether oxygens (including phenoxy) is 3. The Morgan fingerprint density at radius 2 is 1.01 bits per heavy atom. The number of carbonyl (C=O) groups excluding carboxylic acids is 4. The molecule has 4 aromatic carbocycles. The van der Waals surface area contributed by atoms with Gasteiger partial charge in [-0.05, 0) is 81.8 Å². The quantitative estimate of drug-likeness (QED) is 0.0372. The number of likely N-dealkylation sites (tertiary alicyclic amines) is 2. The van der Waals surface area contributed by atoms with E-state index in [0.29, 0.717) is 46.9 Å². The lowest BCUT2D eigenvalue weighted by Gasteiger charge is -2.32. The summed E-state index contributed by atoms with van der Waals surface area (Å²) in [7, 11) is 2.48. The van der Waals surface area contributed by atoms with Crippen molar-refractivity contribution in [3.8, 4) is 0 Å². The summed E-state index contributed by atoms with van der Waals surface area (Å²) in [6, 6.07) is 32.2. The van der Waals surface area contributed by atoms with Crippen LogP contribution in [0.3, 0.4) is 0 Å². The highest BCUT2D eigenvalue weighted by Crippen LogP contribution is 2.43. The zero-order valence-corrected chi connectivity index (χ0v) is 45.3. The summed E-state index contributed by atoms with van der Waals surface area (Å²) in [6.07, 6.45) is 1.55. The molecule has 0 radical (unpaired) electrons. The maximum atomic E-state index is 13.8. The molecule has 0 saturated carbocycles. The van der Waals surface area contributed by atoms with E-state index in [4.69, 9.17) is 25.8 Å². The number of allylic oxidation sites excluding steroid dienone is 5. The molecule has 4 unspecified atom stereocenters. The van der Waals surface area contributed by atoms with Gasteiger partial charge >= 0.3 is 17.9 Å². The van der Waals surface area contributed by atoms with E-state index in [9.17, 15) is 44.5 Å². The van der Waals surface area contributed by atoms with Gasteiger partial charge in [-0.3, -0.25) is 34.8 Å². The number of halogens is 2. The van der Waals surface area contributed by atoms with Crippen LogP contribution in [0, 0.1) is 20.2 Å². The fraction of sp³-hybridized carbons (Fsp3) is 0.357. The summed E-state index contributed by atoms with van der Waals surface area (Å²) in [5.74, 6) is -3.56. The number of hydrogen-bond donors (Lipinski definition) is 3. The van der Waals surface area contributed by atoms with E-state index in [-0.39, 0.29) is 46.1 Å². The molecule has 0 aliphatic carbocycles. The number of nitro groups is 2. The van der Waals surface area contributed by atoms with Crippen LogP contribution in [0.4, 0.5) is 11.4 Å². The molecule has 404 valence electrons. The summed E-state index contributed by atoms with van der Waals surface area (Å²) in [6.45, 7) is 15.4. The fourth-order valence-electron chi connectivity index (χ4n) is 9.96. The monoisotopic (exact) mass is 1080 g/mol. The number of β-amino-alcohol motifs (C(OH)–C–C–N with tert-alkyl or cyclic N) is 1. The van der Waals surface area contributed by atoms with Crippen molar-refractivity contribution in [3.05, 3.63) is 197 Å². The Morgan fingerprint density at radius 1 is 0.618 bits per heavy atom. The number of esters is 3. The maximum Gasteiger partial charge on any atom is 0.337 e. The molecule has 0 amide bonds. The van der Waals surface area contributed by atoms with Gasteiger partial charge < -0.3 is 30.0 Å². The Labute approximate surface area is 453 Å². The van der Waals surface area contributed by atoms with Gasteiger partial charge in [0, 0.05) is 104 Å². The Hall–Kier alpha value is -7.22. The molecule has 4 aliphatic heterocycles. The number of carbonyl (C=O) groups is 4. The lowest BCUT2D eigenvalue weighted by Crippen LogP contribution is -2.38. The molecule has 4 atom stereocenters. The number of nitrogens with zero attached hydrogens (tertiary/aromatic N) is 4. The second kappa shape index (κ2) is 26.0. The highest BCUT2D eigenvalue weighted by molar-refractivity contribution is 6.68. The smallest absolute Gasteiger partial charge is 0.337 e. The molecule has 4 aromatic rings. The van der Waals surface area contributed by atoms with Crippen molar-refractivity contribution in [1.82, 2.24) is 20.4 Å². The molecule has 18 nitrogen and oxygen atoms in total. The minimum Gasteiger partial charge on any atom is -0.466 e. The van der Waals surface area contributed by atoms with Gasteiger partial charge in [-0.2, -0.15) is 0 Å². The number of aliphatic hydroxyl groups is 1. The maximum absolute atomic E-state index is 13.8.